The van der Waals surface area contributed by atoms with Gasteiger partial charge in [0.1, 0.15) is 0 Å². The molecule has 7 heteroatoms. The summed E-state index contributed by atoms with van der Waals surface area (Å²) < 4.78 is 20.8. The van der Waals surface area contributed by atoms with Crippen molar-refractivity contribution in [3.05, 3.63) is 59.5 Å². The third-order valence-electron chi connectivity index (χ3n) is 4.02. The number of aromatic nitrogens is 2. The van der Waals surface area contributed by atoms with Gasteiger partial charge in [0.05, 0.1) is 5.56 Å². The zero-order chi connectivity index (χ0) is 17.9. The summed E-state index contributed by atoms with van der Waals surface area (Å²) in [7, 11) is 0. The maximum Gasteiger partial charge on any atom is 0.338 e. The predicted molar refractivity (Wildman–Crippen MR) is 90.8 cm³/mol. The number of ether oxygens (including phenoxy) is 3. The summed E-state index contributed by atoms with van der Waals surface area (Å²) in [6.07, 6.45) is 0.966. The van der Waals surface area contributed by atoms with Crippen molar-refractivity contribution in [1.29, 1.82) is 0 Å². The Balaban J connectivity index is 1.40. The van der Waals surface area contributed by atoms with E-state index in [4.69, 9.17) is 18.7 Å². The van der Waals surface area contributed by atoms with Crippen LogP contribution in [0.3, 0.4) is 0 Å². The van der Waals surface area contributed by atoms with Crippen LogP contribution in [0, 0.1) is 0 Å². The molecule has 0 spiro atoms. The van der Waals surface area contributed by atoms with Gasteiger partial charge in [-0.15, -0.1) is 0 Å². The molecule has 1 aliphatic heterocycles. The van der Waals surface area contributed by atoms with Gasteiger partial charge < -0.3 is 18.7 Å². The fourth-order valence-corrected chi connectivity index (χ4v) is 2.55. The van der Waals surface area contributed by atoms with Crippen molar-refractivity contribution in [1.82, 2.24) is 10.1 Å². The molecule has 0 saturated heterocycles. The van der Waals surface area contributed by atoms with E-state index in [-0.39, 0.29) is 19.3 Å². The monoisotopic (exact) mass is 352 g/mol. The summed E-state index contributed by atoms with van der Waals surface area (Å²) in [5.74, 6) is 1.32. The molecular formula is C19H16N2O5. The van der Waals surface area contributed by atoms with Gasteiger partial charge in [0.2, 0.25) is 12.6 Å². The van der Waals surface area contributed by atoms with Gasteiger partial charge >= 0.3 is 5.97 Å². The van der Waals surface area contributed by atoms with E-state index in [1.165, 1.54) is 5.56 Å². The highest BCUT2D eigenvalue weighted by atomic mass is 16.7. The Morgan fingerprint density at radius 3 is 2.73 bits per heavy atom. The Hall–Kier alpha value is -3.35. The Morgan fingerprint density at radius 2 is 1.92 bits per heavy atom. The topological polar surface area (TPSA) is 83.7 Å². The lowest BCUT2D eigenvalue weighted by atomic mass is 10.1. The van der Waals surface area contributed by atoms with Crippen molar-refractivity contribution >= 4 is 5.97 Å². The fourth-order valence-electron chi connectivity index (χ4n) is 2.55. The largest absolute Gasteiger partial charge is 0.454 e. The van der Waals surface area contributed by atoms with Crippen LogP contribution in [0.25, 0.3) is 11.4 Å². The van der Waals surface area contributed by atoms with Gasteiger partial charge in [0.15, 0.2) is 18.1 Å². The second-order valence-electron chi connectivity index (χ2n) is 5.71. The smallest absolute Gasteiger partial charge is 0.338 e. The average Bonchev–Trinajstić information content (AvgIpc) is 3.35. The maximum atomic E-state index is 12.2. The lowest BCUT2D eigenvalue weighted by Gasteiger charge is -2.03. The molecule has 1 aliphatic rings. The molecule has 0 radical (unpaired) electrons. The van der Waals surface area contributed by atoms with Crippen LogP contribution in [0.2, 0.25) is 0 Å². The van der Waals surface area contributed by atoms with Crippen LogP contribution < -0.4 is 9.47 Å². The number of rotatable bonds is 5. The highest BCUT2D eigenvalue weighted by Crippen LogP contribution is 2.32. The van der Waals surface area contributed by atoms with E-state index in [1.807, 2.05) is 24.3 Å². The van der Waals surface area contributed by atoms with Crippen molar-refractivity contribution in [2.24, 2.45) is 0 Å². The second kappa shape index (κ2) is 6.87. The number of nitrogens with zero attached hydrogens (tertiary/aromatic N) is 2. The molecule has 2 aromatic carbocycles. The van der Waals surface area contributed by atoms with Gasteiger partial charge in [-0.25, -0.2) is 4.79 Å². The van der Waals surface area contributed by atoms with E-state index in [9.17, 15) is 4.79 Å². The summed E-state index contributed by atoms with van der Waals surface area (Å²) >= 11 is 0. The van der Waals surface area contributed by atoms with E-state index in [0.717, 1.165) is 12.0 Å². The lowest BCUT2D eigenvalue weighted by Crippen LogP contribution is -2.05. The first-order chi connectivity index (χ1) is 12.7. The summed E-state index contributed by atoms with van der Waals surface area (Å²) in [4.78, 5) is 16.4. The van der Waals surface area contributed by atoms with E-state index in [2.05, 4.69) is 17.1 Å². The number of hydrogen-bond donors (Lipinski definition) is 0. The number of carbonyl (C=O) groups is 1. The van der Waals surface area contributed by atoms with Crippen molar-refractivity contribution in [2.75, 3.05) is 6.79 Å². The molecule has 2 heterocycles. The molecule has 0 unspecified atom stereocenters. The second-order valence-corrected chi connectivity index (χ2v) is 5.71. The first-order valence-electron chi connectivity index (χ1n) is 8.21. The summed E-state index contributed by atoms with van der Waals surface area (Å²) in [6.45, 7) is 2.14. The SMILES string of the molecule is CCc1ccc(-c2noc(COC(=O)c3ccc4c(c3)OCO4)n2)cc1. The van der Waals surface area contributed by atoms with Crippen LogP contribution in [0.15, 0.2) is 47.0 Å². The Kier molecular flexibility index (Phi) is 4.27. The molecule has 0 atom stereocenters. The highest BCUT2D eigenvalue weighted by molar-refractivity contribution is 5.90. The molecule has 1 aromatic heterocycles. The number of hydrogen-bond acceptors (Lipinski definition) is 7. The predicted octanol–water partition coefficient (Wildman–Crippen LogP) is 3.38. The molecule has 0 amide bonds. The minimum Gasteiger partial charge on any atom is -0.454 e. The molecule has 7 nitrogen and oxygen atoms in total. The van der Waals surface area contributed by atoms with E-state index >= 15 is 0 Å². The molecule has 4 rings (SSSR count). The molecular weight excluding hydrogens is 336 g/mol. The summed E-state index contributed by atoms with van der Waals surface area (Å²) in [5.41, 5.74) is 2.44. The Bertz CT molecular complexity index is 933. The minimum atomic E-state index is -0.504. The van der Waals surface area contributed by atoms with Crippen LogP contribution in [-0.2, 0) is 17.8 Å². The normalized spacial score (nSPS) is 12.2. The molecule has 0 saturated carbocycles. The number of benzene rings is 2. The first kappa shape index (κ1) is 16.1. The summed E-state index contributed by atoms with van der Waals surface area (Å²) in [6, 6.07) is 12.8. The highest BCUT2D eigenvalue weighted by Gasteiger charge is 2.18. The van der Waals surface area contributed by atoms with Gasteiger partial charge in [0, 0.05) is 5.56 Å². The third-order valence-corrected chi connectivity index (χ3v) is 4.02. The van der Waals surface area contributed by atoms with E-state index in [0.29, 0.717) is 22.9 Å². The van der Waals surface area contributed by atoms with Crippen LogP contribution in [0.5, 0.6) is 11.5 Å². The van der Waals surface area contributed by atoms with Crippen molar-refractivity contribution in [2.45, 2.75) is 20.0 Å². The van der Waals surface area contributed by atoms with Gasteiger partial charge in [-0.2, -0.15) is 4.98 Å². The summed E-state index contributed by atoms with van der Waals surface area (Å²) in [5, 5.41) is 3.93. The molecule has 0 bridgehead atoms. The molecule has 0 aliphatic carbocycles. The number of esters is 1. The minimum absolute atomic E-state index is 0.104. The van der Waals surface area contributed by atoms with E-state index < -0.39 is 5.97 Å². The Morgan fingerprint density at radius 1 is 1.12 bits per heavy atom. The van der Waals surface area contributed by atoms with Crippen LogP contribution in [0.4, 0.5) is 0 Å². The van der Waals surface area contributed by atoms with Gasteiger partial charge in [-0.05, 0) is 30.2 Å². The Labute approximate surface area is 149 Å². The first-order valence-corrected chi connectivity index (χ1v) is 8.21. The van der Waals surface area contributed by atoms with Crippen LogP contribution in [-0.4, -0.2) is 22.9 Å². The third kappa shape index (κ3) is 3.23. The lowest BCUT2D eigenvalue weighted by molar-refractivity contribution is 0.0429. The zero-order valence-electron chi connectivity index (χ0n) is 14.1. The van der Waals surface area contributed by atoms with Gasteiger partial charge in [-0.3, -0.25) is 0 Å². The number of carbonyl (C=O) groups excluding carboxylic acids is 1. The van der Waals surface area contributed by atoms with Crippen molar-refractivity contribution in [3.63, 3.8) is 0 Å². The maximum absolute atomic E-state index is 12.2. The van der Waals surface area contributed by atoms with Crippen molar-refractivity contribution in [3.8, 4) is 22.9 Å². The van der Waals surface area contributed by atoms with Crippen molar-refractivity contribution < 1.29 is 23.5 Å². The molecule has 0 N–H and O–H groups in total. The van der Waals surface area contributed by atoms with E-state index in [1.54, 1.807) is 18.2 Å². The zero-order valence-corrected chi connectivity index (χ0v) is 14.1. The quantitative estimate of drug-likeness (QED) is 0.651. The average molecular weight is 352 g/mol. The molecule has 0 fully saturated rings. The van der Waals surface area contributed by atoms with Crippen LogP contribution >= 0.6 is 0 Å². The molecule has 26 heavy (non-hydrogen) atoms. The van der Waals surface area contributed by atoms with Gasteiger partial charge in [0.25, 0.3) is 5.89 Å². The fraction of sp³-hybridized carbons (Fsp3) is 0.211. The van der Waals surface area contributed by atoms with Crippen LogP contribution in [0.1, 0.15) is 28.7 Å². The number of aryl methyl sites for hydroxylation is 1. The van der Waals surface area contributed by atoms with Gasteiger partial charge in [-0.1, -0.05) is 36.3 Å². The standard InChI is InChI=1S/C19H16N2O5/c1-2-12-3-5-13(6-4-12)18-20-17(26-21-18)10-23-19(22)14-7-8-15-16(9-14)25-11-24-15/h3-9H,2,10-11H2,1H3. The number of fused-ring (bicyclic) bond motifs is 1. The molecule has 3 aromatic rings. The molecule has 132 valence electrons.